The molecule has 0 aliphatic heterocycles. The molecule has 1 aliphatic carbocycles. The van der Waals surface area contributed by atoms with Crippen LogP contribution in [-0.4, -0.2) is 37.0 Å². The number of carbonyl (C=O) groups is 1. The average molecular weight is 296 g/mol. The van der Waals surface area contributed by atoms with Gasteiger partial charge >= 0.3 is 6.03 Å². The highest BCUT2D eigenvalue weighted by atomic mass is 16.5. The maximum absolute atomic E-state index is 11.6. The first-order valence-electron chi connectivity index (χ1n) is 7.38. The van der Waals surface area contributed by atoms with Gasteiger partial charge in [-0.05, 0) is 38.7 Å². The van der Waals surface area contributed by atoms with Gasteiger partial charge in [-0.1, -0.05) is 0 Å². The Kier molecular flexibility index (Phi) is 5.64. The Morgan fingerprint density at radius 3 is 2.86 bits per heavy atom. The molecule has 6 nitrogen and oxygen atoms in total. The van der Waals surface area contributed by atoms with Gasteiger partial charge in [0.05, 0.1) is 12.7 Å². The fraction of sp³-hybridized carbons (Fsp3) is 0.667. The number of urea groups is 1. The van der Waals surface area contributed by atoms with Crippen LogP contribution in [0.5, 0.6) is 0 Å². The summed E-state index contributed by atoms with van der Waals surface area (Å²) in [5.74, 6) is 2.31. The Hall–Kier alpha value is -1.53. The molecule has 0 radical (unpaired) electrons. The van der Waals surface area contributed by atoms with Gasteiger partial charge < -0.3 is 24.9 Å². The minimum atomic E-state index is -0.674. The van der Waals surface area contributed by atoms with Gasteiger partial charge in [-0.15, -0.1) is 0 Å². The first-order valence-corrected chi connectivity index (χ1v) is 7.38. The zero-order valence-electron chi connectivity index (χ0n) is 12.6. The SMILES string of the molecule is Cc1cc(CNC(=O)NCC(O)COCC2CC2)c(C)o1. The monoisotopic (exact) mass is 296 g/mol. The second-order valence-corrected chi connectivity index (χ2v) is 5.64. The van der Waals surface area contributed by atoms with E-state index in [-0.39, 0.29) is 19.2 Å². The van der Waals surface area contributed by atoms with Gasteiger partial charge in [-0.3, -0.25) is 0 Å². The second-order valence-electron chi connectivity index (χ2n) is 5.64. The fourth-order valence-corrected chi connectivity index (χ4v) is 2.02. The number of rotatable bonds is 8. The third kappa shape index (κ3) is 5.77. The van der Waals surface area contributed by atoms with Crippen LogP contribution in [0.4, 0.5) is 4.79 Å². The van der Waals surface area contributed by atoms with Gasteiger partial charge in [-0.2, -0.15) is 0 Å². The smallest absolute Gasteiger partial charge is 0.315 e. The van der Waals surface area contributed by atoms with E-state index in [9.17, 15) is 9.90 Å². The number of aliphatic hydroxyl groups excluding tert-OH is 1. The molecule has 1 atom stereocenters. The number of aryl methyl sites for hydroxylation is 2. The van der Waals surface area contributed by atoms with Gasteiger partial charge in [0.25, 0.3) is 0 Å². The molecule has 0 spiro atoms. The Bertz CT molecular complexity index is 468. The lowest BCUT2D eigenvalue weighted by atomic mass is 10.2. The highest BCUT2D eigenvalue weighted by Gasteiger charge is 2.21. The largest absolute Gasteiger partial charge is 0.466 e. The normalized spacial score (nSPS) is 15.8. The highest BCUT2D eigenvalue weighted by Crippen LogP contribution is 2.28. The summed E-state index contributed by atoms with van der Waals surface area (Å²) < 4.78 is 10.8. The van der Waals surface area contributed by atoms with Crippen molar-refractivity contribution in [3.63, 3.8) is 0 Å². The van der Waals surface area contributed by atoms with E-state index in [0.717, 1.165) is 17.1 Å². The summed E-state index contributed by atoms with van der Waals surface area (Å²) in [5.41, 5.74) is 0.955. The molecule has 1 aliphatic rings. The van der Waals surface area contributed by atoms with E-state index >= 15 is 0 Å². The van der Waals surface area contributed by atoms with Crippen LogP contribution in [0.25, 0.3) is 0 Å². The summed E-state index contributed by atoms with van der Waals surface area (Å²) in [4.78, 5) is 11.6. The summed E-state index contributed by atoms with van der Waals surface area (Å²) in [5, 5.41) is 15.0. The topological polar surface area (TPSA) is 83.7 Å². The van der Waals surface area contributed by atoms with Crippen LogP contribution in [0.1, 0.15) is 29.9 Å². The van der Waals surface area contributed by atoms with Crippen molar-refractivity contribution in [1.29, 1.82) is 0 Å². The maximum atomic E-state index is 11.6. The molecule has 1 aromatic heterocycles. The molecule has 0 saturated heterocycles. The number of ether oxygens (including phenoxy) is 1. The van der Waals surface area contributed by atoms with Crippen molar-refractivity contribution >= 4 is 6.03 Å². The molecule has 21 heavy (non-hydrogen) atoms. The lowest BCUT2D eigenvalue weighted by Gasteiger charge is -2.12. The standard InChI is InChI=1S/C15H24N2O4/c1-10-5-13(11(2)21-10)6-16-15(19)17-7-14(18)9-20-8-12-3-4-12/h5,12,14,18H,3-4,6-9H2,1-2H3,(H2,16,17,19). The summed E-state index contributed by atoms with van der Waals surface area (Å²) in [6.45, 7) is 5.29. The van der Waals surface area contributed by atoms with Crippen LogP contribution in [0.2, 0.25) is 0 Å². The van der Waals surface area contributed by atoms with Crippen LogP contribution in [0.3, 0.4) is 0 Å². The number of amides is 2. The van der Waals surface area contributed by atoms with Crippen LogP contribution >= 0.6 is 0 Å². The zero-order chi connectivity index (χ0) is 15.2. The number of carbonyl (C=O) groups excluding carboxylic acids is 1. The van der Waals surface area contributed by atoms with Gasteiger partial charge in [0.15, 0.2) is 0 Å². The Labute approximate surface area is 124 Å². The van der Waals surface area contributed by atoms with E-state index in [2.05, 4.69) is 10.6 Å². The maximum Gasteiger partial charge on any atom is 0.315 e. The first-order chi connectivity index (χ1) is 10.0. The predicted octanol–water partition coefficient (Wildman–Crippen LogP) is 1.48. The summed E-state index contributed by atoms with van der Waals surface area (Å²) in [6.07, 6.45) is 1.78. The van der Waals surface area contributed by atoms with Crippen LogP contribution in [0, 0.1) is 19.8 Å². The highest BCUT2D eigenvalue weighted by molar-refractivity contribution is 5.73. The predicted molar refractivity (Wildman–Crippen MR) is 78.0 cm³/mol. The summed E-state index contributed by atoms with van der Waals surface area (Å²) in [7, 11) is 0. The van der Waals surface area contributed by atoms with Crippen molar-refractivity contribution in [1.82, 2.24) is 10.6 Å². The lowest BCUT2D eigenvalue weighted by Crippen LogP contribution is -2.40. The van der Waals surface area contributed by atoms with Gasteiger partial charge in [-0.25, -0.2) is 4.79 Å². The molecule has 2 rings (SSSR count). The molecule has 1 saturated carbocycles. The number of nitrogens with one attached hydrogen (secondary N) is 2. The molecular weight excluding hydrogens is 272 g/mol. The van der Waals surface area contributed by atoms with E-state index in [4.69, 9.17) is 9.15 Å². The number of hydrogen-bond donors (Lipinski definition) is 3. The number of furan rings is 1. The first kappa shape index (κ1) is 15.9. The number of hydrogen-bond acceptors (Lipinski definition) is 4. The zero-order valence-corrected chi connectivity index (χ0v) is 12.6. The third-order valence-corrected chi connectivity index (χ3v) is 3.44. The quantitative estimate of drug-likeness (QED) is 0.678. The molecular formula is C15H24N2O4. The fourth-order valence-electron chi connectivity index (χ4n) is 2.02. The Morgan fingerprint density at radius 2 is 2.24 bits per heavy atom. The van der Waals surface area contributed by atoms with Crippen molar-refractivity contribution < 1.29 is 19.1 Å². The van der Waals surface area contributed by atoms with Crippen molar-refractivity contribution in [3.05, 3.63) is 23.2 Å². The molecule has 1 aromatic rings. The van der Waals surface area contributed by atoms with Gasteiger partial charge in [0, 0.05) is 25.3 Å². The van der Waals surface area contributed by atoms with Crippen LogP contribution in [0.15, 0.2) is 10.5 Å². The molecule has 3 N–H and O–H groups in total. The minimum absolute atomic E-state index is 0.180. The van der Waals surface area contributed by atoms with Gasteiger partial charge in [0.2, 0.25) is 0 Å². The summed E-state index contributed by atoms with van der Waals surface area (Å²) in [6, 6.07) is 1.59. The molecule has 2 amide bonds. The van der Waals surface area contributed by atoms with Crippen molar-refractivity contribution in [2.75, 3.05) is 19.8 Å². The minimum Gasteiger partial charge on any atom is -0.466 e. The van der Waals surface area contributed by atoms with Crippen LogP contribution in [-0.2, 0) is 11.3 Å². The van der Waals surface area contributed by atoms with Crippen LogP contribution < -0.4 is 10.6 Å². The van der Waals surface area contributed by atoms with E-state index in [0.29, 0.717) is 19.1 Å². The summed E-state index contributed by atoms with van der Waals surface area (Å²) >= 11 is 0. The molecule has 1 heterocycles. The van der Waals surface area contributed by atoms with E-state index in [1.807, 2.05) is 19.9 Å². The second kappa shape index (κ2) is 7.47. The molecule has 0 bridgehead atoms. The Morgan fingerprint density at radius 1 is 1.48 bits per heavy atom. The lowest BCUT2D eigenvalue weighted by molar-refractivity contribution is 0.0337. The Balaban J connectivity index is 1.56. The van der Waals surface area contributed by atoms with Crippen molar-refractivity contribution in [2.45, 2.75) is 39.3 Å². The van der Waals surface area contributed by atoms with Gasteiger partial charge in [0.1, 0.15) is 11.5 Å². The van der Waals surface area contributed by atoms with E-state index in [1.54, 1.807) is 0 Å². The molecule has 0 aromatic carbocycles. The number of aliphatic hydroxyl groups is 1. The average Bonchev–Trinajstić information content (AvgIpc) is 3.19. The molecule has 1 fully saturated rings. The molecule has 118 valence electrons. The third-order valence-electron chi connectivity index (χ3n) is 3.44. The molecule has 1 unspecified atom stereocenters. The molecule has 6 heteroatoms. The van der Waals surface area contributed by atoms with Crippen molar-refractivity contribution in [2.24, 2.45) is 5.92 Å². The van der Waals surface area contributed by atoms with E-state index < -0.39 is 6.10 Å². The van der Waals surface area contributed by atoms with E-state index in [1.165, 1.54) is 12.8 Å². The van der Waals surface area contributed by atoms with Crippen molar-refractivity contribution in [3.8, 4) is 0 Å².